The highest BCUT2D eigenvalue weighted by Gasteiger charge is 2.32. The Kier molecular flexibility index (Phi) is 4.33. The number of nitrogens with zero attached hydrogens (tertiary/aromatic N) is 2. The van der Waals surface area contributed by atoms with Crippen LogP contribution in [0.1, 0.15) is 56.1 Å². The second kappa shape index (κ2) is 5.72. The molecule has 1 aliphatic carbocycles. The van der Waals surface area contributed by atoms with Gasteiger partial charge in [0, 0.05) is 18.5 Å². The maximum Gasteiger partial charge on any atom is 0.306 e. The quantitative estimate of drug-likeness (QED) is 0.927. The van der Waals surface area contributed by atoms with Gasteiger partial charge < -0.3 is 9.84 Å². The summed E-state index contributed by atoms with van der Waals surface area (Å²) in [6.07, 6.45) is 1.71. The fraction of sp³-hybridized carbons (Fsp3) is 0.688. The van der Waals surface area contributed by atoms with E-state index in [1.54, 1.807) is 7.11 Å². The van der Waals surface area contributed by atoms with Crippen molar-refractivity contribution >= 4 is 5.97 Å². The molecule has 0 fully saturated rings. The molecule has 0 radical (unpaired) electrons. The molecule has 1 heterocycles. The van der Waals surface area contributed by atoms with Gasteiger partial charge in [-0.1, -0.05) is 20.8 Å². The Bertz CT molecular complexity index is 549. The van der Waals surface area contributed by atoms with Crippen molar-refractivity contribution in [1.29, 1.82) is 0 Å². The summed E-state index contributed by atoms with van der Waals surface area (Å²) in [4.78, 5) is 20.4. The standard InChI is InChI=1S/C16H24N2O3/c1-9-11-8-10(15(19)20)6-7-12(11)18-14(17-9)13(21-5)16(2,3)4/h10,13H,6-8H2,1-5H3,(H,19,20). The van der Waals surface area contributed by atoms with Crippen LogP contribution in [0, 0.1) is 18.3 Å². The number of hydrogen-bond acceptors (Lipinski definition) is 4. The summed E-state index contributed by atoms with van der Waals surface area (Å²) in [5, 5.41) is 9.18. The third-order valence-electron chi connectivity index (χ3n) is 4.10. The minimum absolute atomic E-state index is 0.0896. The maximum absolute atomic E-state index is 11.2. The van der Waals surface area contributed by atoms with Gasteiger partial charge in [-0.3, -0.25) is 4.79 Å². The molecule has 0 amide bonds. The van der Waals surface area contributed by atoms with Crippen LogP contribution in [-0.4, -0.2) is 28.2 Å². The van der Waals surface area contributed by atoms with Crippen LogP contribution < -0.4 is 0 Å². The molecule has 0 aromatic carbocycles. The number of methoxy groups -OCH3 is 1. The highest BCUT2D eigenvalue weighted by molar-refractivity contribution is 5.71. The van der Waals surface area contributed by atoms with Crippen LogP contribution in [-0.2, 0) is 22.4 Å². The van der Waals surface area contributed by atoms with Crippen molar-refractivity contribution in [2.24, 2.45) is 11.3 Å². The number of carboxylic acid groups (broad SMARTS) is 1. The van der Waals surface area contributed by atoms with Gasteiger partial charge in [0.15, 0.2) is 5.82 Å². The Balaban J connectivity index is 2.39. The van der Waals surface area contributed by atoms with E-state index in [-0.39, 0.29) is 17.4 Å². The molecular formula is C16H24N2O3. The van der Waals surface area contributed by atoms with E-state index in [1.807, 2.05) is 6.92 Å². The van der Waals surface area contributed by atoms with Gasteiger partial charge in [-0.15, -0.1) is 0 Å². The lowest BCUT2D eigenvalue weighted by atomic mass is 9.85. The summed E-state index contributed by atoms with van der Waals surface area (Å²) in [5.74, 6) is -0.338. The number of hydrogen-bond donors (Lipinski definition) is 1. The molecule has 2 rings (SSSR count). The zero-order valence-corrected chi connectivity index (χ0v) is 13.4. The molecule has 1 N–H and O–H groups in total. The predicted molar refractivity (Wildman–Crippen MR) is 79.1 cm³/mol. The molecule has 1 aromatic heterocycles. The van der Waals surface area contributed by atoms with E-state index in [0.29, 0.717) is 25.1 Å². The second-order valence-electron chi connectivity index (χ2n) is 6.85. The van der Waals surface area contributed by atoms with E-state index in [2.05, 4.69) is 30.7 Å². The van der Waals surface area contributed by atoms with Crippen molar-refractivity contribution in [2.45, 2.75) is 53.1 Å². The van der Waals surface area contributed by atoms with Crippen LogP contribution in [0.15, 0.2) is 0 Å². The summed E-state index contributed by atoms with van der Waals surface area (Å²) in [6, 6.07) is 0. The van der Waals surface area contributed by atoms with Gasteiger partial charge >= 0.3 is 5.97 Å². The highest BCUT2D eigenvalue weighted by atomic mass is 16.5. The second-order valence-corrected chi connectivity index (χ2v) is 6.85. The zero-order valence-electron chi connectivity index (χ0n) is 13.4. The van der Waals surface area contributed by atoms with Crippen LogP contribution in [0.5, 0.6) is 0 Å². The molecule has 0 saturated carbocycles. The Morgan fingerprint density at radius 1 is 1.38 bits per heavy atom. The number of aryl methyl sites for hydroxylation is 2. The molecular weight excluding hydrogens is 268 g/mol. The van der Waals surface area contributed by atoms with E-state index in [4.69, 9.17) is 4.74 Å². The van der Waals surface area contributed by atoms with E-state index >= 15 is 0 Å². The summed E-state index contributed by atoms with van der Waals surface area (Å²) >= 11 is 0. The van der Waals surface area contributed by atoms with Crippen molar-refractivity contribution < 1.29 is 14.6 Å². The van der Waals surface area contributed by atoms with E-state index < -0.39 is 5.97 Å². The lowest BCUT2D eigenvalue weighted by Crippen LogP contribution is -2.27. The van der Waals surface area contributed by atoms with E-state index in [1.165, 1.54) is 0 Å². The molecule has 116 valence electrons. The zero-order chi connectivity index (χ0) is 15.8. The fourth-order valence-electron chi connectivity index (χ4n) is 2.98. The van der Waals surface area contributed by atoms with Gasteiger partial charge in [-0.25, -0.2) is 9.97 Å². The first-order valence-corrected chi connectivity index (χ1v) is 7.36. The molecule has 0 aliphatic heterocycles. The fourth-order valence-corrected chi connectivity index (χ4v) is 2.98. The van der Waals surface area contributed by atoms with E-state index in [9.17, 15) is 9.90 Å². The summed E-state index contributed by atoms with van der Waals surface area (Å²) < 4.78 is 5.59. The van der Waals surface area contributed by atoms with Crippen molar-refractivity contribution in [1.82, 2.24) is 9.97 Å². The Morgan fingerprint density at radius 3 is 2.57 bits per heavy atom. The minimum atomic E-state index is -0.728. The van der Waals surface area contributed by atoms with Crippen molar-refractivity contribution in [3.63, 3.8) is 0 Å². The molecule has 0 bridgehead atoms. The number of ether oxygens (including phenoxy) is 1. The average Bonchev–Trinajstić information content (AvgIpc) is 2.37. The summed E-state index contributed by atoms with van der Waals surface area (Å²) in [7, 11) is 1.68. The molecule has 0 spiro atoms. The topological polar surface area (TPSA) is 72.3 Å². The lowest BCUT2D eigenvalue weighted by Gasteiger charge is -2.30. The molecule has 0 saturated heterocycles. The van der Waals surface area contributed by atoms with Gasteiger partial charge in [0.25, 0.3) is 0 Å². The first-order chi connectivity index (χ1) is 9.74. The number of aliphatic carboxylic acids is 1. The first-order valence-electron chi connectivity index (χ1n) is 7.36. The summed E-state index contributed by atoms with van der Waals surface area (Å²) in [5.41, 5.74) is 2.78. The molecule has 2 atom stereocenters. The maximum atomic E-state index is 11.2. The SMILES string of the molecule is COC(c1nc(C)c2c(n1)CCC(C(=O)O)C2)C(C)(C)C. The third-order valence-corrected chi connectivity index (χ3v) is 4.10. The van der Waals surface area contributed by atoms with Gasteiger partial charge in [-0.05, 0) is 37.2 Å². The smallest absolute Gasteiger partial charge is 0.306 e. The van der Waals surface area contributed by atoms with Crippen molar-refractivity contribution in [2.75, 3.05) is 7.11 Å². The Labute approximate surface area is 125 Å². The number of aromatic nitrogens is 2. The molecule has 2 unspecified atom stereocenters. The normalized spacial score (nSPS) is 20.0. The predicted octanol–water partition coefficient (Wildman–Crippen LogP) is 2.71. The molecule has 21 heavy (non-hydrogen) atoms. The van der Waals surface area contributed by atoms with Gasteiger partial charge in [-0.2, -0.15) is 0 Å². The first kappa shape index (κ1) is 15.9. The Hall–Kier alpha value is -1.49. The van der Waals surface area contributed by atoms with Crippen LogP contribution in [0.3, 0.4) is 0 Å². The van der Waals surface area contributed by atoms with E-state index in [0.717, 1.165) is 17.0 Å². The Morgan fingerprint density at radius 2 is 2.05 bits per heavy atom. The molecule has 1 aliphatic rings. The average molecular weight is 292 g/mol. The van der Waals surface area contributed by atoms with Crippen molar-refractivity contribution in [3.05, 3.63) is 22.8 Å². The number of carbonyl (C=O) groups is 1. The molecule has 5 nitrogen and oxygen atoms in total. The largest absolute Gasteiger partial charge is 0.481 e. The minimum Gasteiger partial charge on any atom is -0.481 e. The monoisotopic (exact) mass is 292 g/mol. The van der Waals surface area contributed by atoms with Gasteiger partial charge in [0.1, 0.15) is 6.10 Å². The van der Waals surface area contributed by atoms with Gasteiger partial charge in [0.2, 0.25) is 0 Å². The molecule has 5 heteroatoms. The van der Waals surface area contributed by atoms with Crippen LogP contribution in [0.2, 0.25) is 0 Å². The van der Waals surface area contributed by atoms with Crippen LogP contribution in [0.4, 0.5) is 0 Å². The molecule has 1 aromatic rings. The van der Waals surface area contributed by atoms with Crippen molar-refractivity contribution in [3.8, 4) is 0 Å². The van der Waals surface area contributed by atoms with Crippen LogP contribution in [0.25, 0.3) is 0 Å². The highest BCUT2D eigenvalue weighted by Crippen LogP contribution is 2.35. The number of carboxylic acids is 1. The number of rotatable bonds is 3. The number of fused-ring (bicyclic) bond motifs is 1. The third kappa shape index (κ3) is 3.23. The van der Waals surface area contributed by atoms with Gasteiger partial charge in [0.05, 0.1) is 5.92 Å². The van der Waals surface area contributed by atoms with Crippen LogP contribution >= 0.6 is 0 Å². The lowest BCUT2D eigenvalue weighted by molar-refractivity contribution is -0.142. The summed E-state index contributed by atoms with van der Waals surface area (Å²) in [6.45, 7) is 8.23.